The SMILES string of the molecule is COc1ccc(N(Cc2nnc(C(F)F)n2C)C(=O)Nc2ccc(F)c(Cl)c2)cn1. The highest BCUT2D eigenvalue weighted by atomic mass is 35.5. The van der Waals surface area contributed by atoms with E-state index in [9.17, 15) is 18.0 Å². The van der Waals surface area contributed by atoms with Crippen LogP contribution in [-0.4, -0.2) is 32.9 Å². The number of anilines is 2. The number of urea groups is 1. The molecule has 0 radical (unpaired) electrons. The molecule has 0 aliphatic rings. The van der Waals surface area contributed by atoms with Crippen molar-refractivity contribution in [3.05, 3.63) is 59.0 Å². The lowest BCUT2D eigenvalue weighted by atomic mass is 10.3. The van der Waals surface area contributed by atoms with Crippen molar-refractivity contribution in [3.63, 3.8) is 0 Å². The number of nitrogens with one attached hydrogen (secondary N) is 1. The van der Waals surface area contributed by atoms with Gasteiger partial charge in [0.1, 0.15) is 5.82 Å². The van der Waals surface area contributed by atoms with Gasteiger partial charge < -0.3 is 14.6 Å². The summed E-state index contributed by atoms with van der Waals surface area (Å²) in [4.78, 5) is 18.2. The number of ether oxygens (including phenoxy) is 1. The quantitative estimate of drug-likeness (QED) is 0.621. The maximum atomic E-state index is 13.4. The Kier molecular flexibility index (Phi) is 6.40. The molecule has 30 heavy (non-hydrogen) atoms. The Morgan fingerprint density at radius 3 is 2.63 bits per heavy atom. The van der Waals surface area contributed by atoms with Gasteiger partial charge in [-0.05, 0) is 24.3 Å². The zero-order chi connectivity index (χ0) is 21.8. The largest absolute Gasteiger partial charge is 0.481 e. The number of pyridine rings is 1. The molecular formula is C18H16ClF3N6O2. The topological polar surface area (TPSA) is 85.2 Å². The molecule has 0 spiro atoms. The van der Waals surface area contributed by atoms with Gasteiger partial charge in [-0.15, -0.1) is 10.2 Å². The summed E-state index contributed by atoms with van der Waals surface area (Å²) in [5.41, 5.74) is 0.576. The van der Waals surface area contributed by atoms with E-state index in [2.05, 4.69) is 20.5 Å². The number of aromatic nitrogens is 4. The third-order valence-corrected chi connectivity index (χ3v) is 4.44. The van der Waals surface area contributed by atoms with Gasteiger partial charge in [-0.3, -0.25) is 4.90 Å². The zero-order valence-corrected chi connectivity index (χ0v) is 16.6. The van der Waals surface area contributed by atoms with Crippen molar-refractivity contribution in [3.8, 4) is 5.88 Å². The Balaban J connectivity index is 1.91. The number of alkyl halides is 2. The fourth-order valence-corrected chi connectivity index (χ4v) is 2.72. The minimum atomic E-state index is -2.82. The average molecular weight is 441 g/mol. The van der Waals surface area contributed by atoms with Gasteiger partial charge >= 0.3 is 6.03 Å². The third-order valence-electron chi connectivity index (χ3n) is 4.15. The number of methoxy groups -OCH3 is 1. The van der Waals surface area contributed by atoms with Gasteiger partial charge in [0.25, 0.3) is 6.43 Å². The predicted molar refractivity (Wildman–Crippen MR) is 103 cm³/mol. The van der Waals surface area contributed by atoms with Gasteiger partial charge in [-0.1, -0.05) is 11.6 Å². The number of hydrogen-bond donors (Lipinski definition) is 1. The highest BCUT2D eigenvalue weighted by molar-refractivity contribution is 6.31. The molecule has 2 heterocycles. The molecule has 2 aromatic heterocycles. The number of carbonyl (C=O) groups excluding carboxylic acids is 1. The molecule has 8 nitrogen and oxygen atoms in total. The van der Waals surface area contributed by atoms with Crippen LogP contribution in [-0.2, 0) is 13.6 Å². The van der Waals surface area contributed by atoms with Crippen LogP contribution in [0.2, 0.25) is 5.02 Å². The fraction of sp³-hybridized carbons (Fsp3) is 0.222. The van der Waals surface area contributed by atoms with E-state index in [0.29, 0.717) is 11.6 Å². The summed E-state index contributed by atoms with van der Waals surface area (Å²) < 4.78 is 45.5. The first-order chi connectivity index (χ1) is 14.3. The first kappa shape index (κ1) is 21.4. The molecule has 3 aromatic rings. The zero-order valence-electron chi connectivity index (χ0n) is 15.8. The maximum absolute atomic E-state index is 13.4. The summed E-state index contributed by atoms with van der Waals surface area (Å²) in [6.07, 6.45) is -1.44. The highest BCUT2D eigenvalue weighted by Gasteiger charge is 2.23. The maximum Gasteiger partial charge on any atom is 0.326 e. The minimum absolute atomic E-state index is 0.119. The van der Waals surface area contributed by atoms with Crippen molar-refractivity contribution in [2.24, 2.45) is 7.05 Å². The standard InChI is InChI=1S/C18H16ClF3N6O2/c1-27-14(25-26-17(27)16(21)22)9-28(11-4-6-15(30-2)23-8-11)18(29)24-10-3-5-13(20)12(19)7-10/h3-8,16H,9H2,1-2H3,(H,24,29). The molecule has 0 saturated carbocycles. The number of carbonyl (C=O) groups is 1. The molecule has 0 aliphatic carbocycles. The molecule has 0 fully saturated rings. The normalized spacial score (nSPS) is 10.9. The summed E-state index contributed by atoms with van der Waals surface area (Å²) >= 11 is 5.75. The lowest BCUT2D eigenvalue weighted by molar-refractivity contribution is 0.136. The summed E-state index contributed by atoms with van der Waals surface area (Å²) in [6, 6.07) is 6.14. The van der Waals surface area contributed by atoms with Crippen molar-refractivity contribution in [2.45, 2.75) is 13.0 Å². The molecule has 0 unspecified atom stereocenters. The second kappa shape index (κ2) is 8.99. The molecule has 1 aromatic carbocycles. The molecule has 0 bridgehead atoms. The van der Waals surface area contributed by atoms with Gasteiger partial charge in [-0.2, -0.15) is 0 Å². The van der Waals surface area contributed by atoms with Crippen LogP contribution in [0.4, 0.5) is 29.3 Å². The van der Waals surface area contributed by atoms with Gasteiger partial charge in [0, 0.05) is 18.8 Å². The molecule has 2 amide bonds. The van der Waals surface area contributed by atoms with E-state index in [1.165, 1.54) is 43.5 Å². The Labute approximate surface area is 174 Å². The number of amides is 2. The van der Waals surface area contributed by atoms with Crippen molar-refractivity contribution in [1.29, 1.82) is 0 Å². The summed E-state index contributed by atoms with van der Waals surface area (Å²) in [5, 5.41) is 9.62. The van der Waals surface area contributed by atoms with Crippen LogP contribution in [0.5, 0.6) is 5.88 Å². The smallest absolute Gasteiger partial charge is 0.326 e. The van der Waals surface area contributed by atoms with Gasteiger partial charge in [0.2, 0.25) is 5.88 Å². The Morgan fingerprint density at radius 1 is 1.30 bits per heavy atom. The average Bonchev–Trinajstić information content (AvgIpc) is 3.09. The first-order valence-electron chi connectivity index (χ1n) is 8.50. The highest BCUT2D eigenvalue weighted by Crippen LogP contribution is 2.24. The Hall–Kier alpha value is -3.34. The number of halogens is 4. The number of hydrogen-bond acceptors (Lipinski definition) is 5. The molecule has 1 N–H and O–H groups in total. The molecule has 0 aliphatic heterocycles. The van der Waals surface area contributed by atoms with Crippen LogP contribution in [0.1, 0.15) is 18.1 Å². The Bertz CT molecular complexity index is 1040. The molecule has 3 rings (SSSR count). The predicted octanol–water partition coefficient (Wildman–Crippen LogP) is 4.19. The molecule has 0 saturated heterocycles. The van der Waals surface area contributed by atoms with E-state index in [4.69, 9.17) is 16.3 Å². The van der Waals surface area contributed by atoms with Gasteiger partial charge in [-0.25, -0.2) is 22.9 Å². The van der Waals surface area contributed by atoms with E-state index in [-0.39, 0.29) is 23.1 Å². The molecular weight excluding hydrogens is 425 g/mol. The van der Waals surface area contributed by atoms with Crippen molar-refractivity contribution in [2.75, 3.05) is 17.3 Å². The second-order valence-electron chi connectivity index (χ2n) is 6.04. The number of nitrogens with zero attached hydrogens (tertiary/aromatic N) is 5. The molecule has 12 heteroatoms. The number of rotatable bonds is 6. The fourth-order valence-electron chi connectivity index (χ4n) is 2.54. The van der Waals surface area contributed by atoms with Crippen LogP contribution >= 0.6 is 11.6 Å². The summed E-state index contributed by atoms with van der Waals surface area (Å²) in [5.74, 6) is -0.718. The van der Waals surface area contributed by atoms with Crippen LogP contribution in [0.15, 0.2) is 36.5 Å². The second-order valence-corrected chi connectivity index (χ2v) is 6.45. The van der Waals surface area contributed by atoms with Gasteiger partial charge in [0.05, 0.1) is 30.6 Å². The van der Waals surface area contributed by atoms with Crippen LogP contribution < -0.4 is 15.0 Å². The number of benzene rings is 1. The summed E-state index contributed by atoms with van der Waals surface area (Å²) in [7, 11) is 2.81. The molecule has 0 atom stereocenters. The molecule has 158 valence electrons. The van der Waals surface area contributed by atoms with Crippen LogP contribution in [0.25, 0.3) is 0 Å². The van der Waals surface area contributed by atoms with E-state index in [1.807, 2.05) is 0 Å². The van der Waals surface area contributed by atoms with Crippen molar-refractivity contribution < 1.29 is 22.7 Å². The lowest BCUT2D eigenvalue weighted by Crippen LogP contribution is -2.35. The van der Waals surface area contributed by atoms with E-state index in [0.717, 1.165) is 10.6 Å². The first-order valence-corrected chi connectivity index (χ1v) is 8.88. The monoisotopic (exact) mass is 440 g/mol. The third kappa shape index (κ3) is 4.62. The lowest BCUT2D eigenvalue weighted by Gasteiger charge is -2.23. The van der Waals surface area contributed by atoms with Crippen molar-refractivity contribution >= 4 is 29.0 Å². The summed E-state index contributed by atoms with van der Waals surface area (Å²) in [6.45, 7) is -0.189. The van der Waals surface area contributed by atoms with E-state index in [1.54, 1.807) is 6.07 Å². The van der Waals surface area contributed by atoms with Crippen LogP contribution in [0.3, 0.4) is 0 Å². The van der Waals surface area contributed by atoms with Crippen LogP contribution in [0, 0.1) is 5.82 Å². The van der Waals surface area contributed by atoms with Gasteiger partial charge in [0.15, 0.2) is 11.6 Å². The Morgan fingerprint density at radius 2 is 2.07 bits per heavy atom. The van der Waals surface area contributed by atoms with Crippen molar-refractivity contribution in [1.82, 2.24) is 19.7 Å². The van der Waals surface area contributed by atoms with E-state index < -0.39 is 24.1 Å². The minimum Gasteiger partial charge on any atom is -0.481 e. The van der Waals surface area contributed by atoms with E-state index >= 15 is 0 Å².